The van der Waals surface area contributed by atoms with E-state index in [4.69, 9.17) is 8.83 Å². The van der Waals surface area contributed by atoms with Crippen LogP contribution in [0.1, 0.15) is 106 Å². The third-order valence-corrected chi connectivity index (χ3v) is 13.0. The van der Waals surface area contributed by atoms with E-state index < -0.39 is 93.8 Å². The summed E-state index contributed by atoms with van der Waals surface area (Å²) in [6, 6.07) is 10.2. The number of aliphatic hydroxyl groups is 2. The summed E-state index contributed by atoms with van der Waals surface area (Å²) in [4.78, 5) is 55.9. The summed E-state index contributed by atoms with van der Waals surface area (Å²) in [7, 11) is 0. The average Bonchev–Trinajstić information content (AvgIpc) is 3.18. The van der Waals surface area contributed by atoms with Crippen LogP contribution < -0.4 is 11.3 Å². The quantitative estimate of drug-likeness (QED) is 0.0827. The van der Waals surface area contributed by atoms with Gasteiger partial charge in [-0.2, -0.15) is 0 Å². The third kappa shape index (κ3) is 6.48. The number of carbonyl (C=O) groups excluding carboxylic acids is 2. The number of fused-ring (bicyclic) bond motifs is 4. The summed E-state index contributed by atoms with van der Waals surface area (Å²) in [5.74, 6) is -8.08. The summed E-state index contributed by atoms with van der Waals surface area (Å²) >= 11 is 0. The Bertz CT molecular complexity index is 3060. The lowest BCUT2D eigenvalue weighted by molar-refractivity contribution is -0.120. The molecule has 2 aliphatic carbocycles. The summed E-state index contributed by atoms with van der Waals surface area (Å²) in [6.07, 6.45) is -0.946. The Morgan fingerprint density at radius 1 is 0.484 bits per heavy atom. The van der Waals surface area contributed by atoms with Gasteiger partial charge < -0.3 is 39.5 Å². The molecular formula is C52H50O12. The van der Waals surface area contributed by atoms with Crippen molar-refractivity contribution in [2.24, 2.45) is 11.8 Å². The largest absolute Gasteiger partial charge is 0.507 e. The van der Waals surface area contributed by atoms with E-state index in [1.165, 1.54) is 0 Å². The number of ketones is 2. The fourth-order valence-electron chi connectivity index (χ4n) is 10.3. The first-order valence-electron chi connectivity index (χ1n) is 21.3. The number of aromatic hydroxyl groups is 4. The minimum Gasteiger partial charge on any atom is -0.507 e. The SMILES string of the molecule is Cc1cc(C)c2c(O)c(CC3C(=O)C(O)=C(C(C)C)c4cc(C)c(-c5c(C)cc6c(c5O)C(Cc5c(O)c7c(C)cc(C)cc7oc5=O)C(=O)C(O)=C6C(C)C)c(O)c43)c(=O)oc2c1. The highest BCUT2D eigenvalue weighted by Crippen LogP contribution is 2.55. The van der Waals surface area contributed by atoms with Crippen molar-refractivity contribution in [1.29, 1.82) is 0 Å². The Kier molecular flexibility index (Phi) is 10.4. The highest BCUT2D eigenvalue weighted by Gasteiger charge is 2.43. The molecule has 12 nitrogen and oxygen atoms in total. The number of Topliss-reactive ketones (excluding diaryl/α,β-unsaturated/α-hetero) is 2. The molecule has 0 spiro atoms. The summed E-state index contributed by atoms with van der Waals surface area (Å²) in [6.45, 7) is 17.6. The van der Waals surface area contributed by atoms with E-state index >= 15 is 0 Å². The molecule has 2 unspecified atom stereocenters. The van der Waals surface area contributed by atoms with Gasteiger partial charge in [-0.05, 0) is 123 Å². The lowest BCUT2D eigenvalue weighted by atomic mass is 9.71. The van der Waals surface area contributed by atoms with Crippen LogP contribution in [0.4, 0.5) is 0 Å². The van der Waals surface area contributed by atoms with Crippen molar-refractivity contribution in [3.05, 3.63) is 136 Å². The first kappa shape index (κ1) is 43.6. The second-order valence-corrected chi connectivity index (χ2v) is 18.2. The van der Waals surface area contributed by atoms with Crippen LogP contribution in [0.15, 0.2) is 66.3 Å². The van der Waals surface area contributed by atoms with Crippen LogP contribution in [-0.4, -0.2) is 42.2 Å². The molecule has 6 aromatic rings. The van der Waals surface area contributed by atoms with Gasteiger partial charge in [0, 0.05) is 33.4 Å². The number of aryl methyl sites for hydroxylation is 6. The topological polar surface area (TPSA) is 216 Å². The number of rotatable bonds is 7. The average molecular weight is 867 g/mol. The second-order valence-electron chi connectivity index (χ2n) is 18.2. The standard InChI is InChI=1S/C52H50O12/c1-19(2)35-27-15-25(9)39(47(57)41(27)29(45(55)49(35)59)17-31-43(53)37-23(7)11-21(5)13-33(37)63-51(31)61)40-26(10)16-28-36(20(3)4)50(60)46(56)30(42(28)48(40)58)18-32-44(54)38-24(8)12-22(6)14-34(38)64-52(32)62/h11-16,19-20,29-30,53-54,57-60H,17-18H2,1-10H3. The first-order chi connectivity index (χ1) is 30.0. The smallest absolute Gasteiger partial charge is 0.343 e. The minimum absolute atomic E-state index is 0.0421. The molecular weight excluding hydrogens is 817 g/mol. The molecule has 2 aromatic heterocycles. The summed E-state index contributed by atoms with van der Waals surface area (Å²) in [5.41, 5.74) is 3.11. The molecule has 2 atom stereocenters. The van der Waals surface area contributed by atoms with E-state index in [-0.39, 0.29) is 66.5 Å². The van der Waals surface area contributed by atoms with Crippen LogP contribution in [-0.2, 0) is 22.4 Å². The van der Waals surface area contributed by atoms with Crippen LogP contribution in [0, 0.1) is 53.4 Å². The third-order valence-electron chi connectivity index (χ3n) is 13.0. The molecule has 0 saturated carbocycles. The van der Waals surface area contributed by atoms with Crippen molar-refractivity contribution in [2.45, 2.75) is 93.9 Å². The molecule has 2 heterocycles. The maximum atomic E-state index is 14.4. The molecule has 4 aromatic carbocycles. The zero-order valence-electron chi connectivity index (χ0n) is 37.3. The van der Waals surface area contributed by atoms with Crippen molar-refractivity contribution in [3.8, 4) is 34.1 Å². The Hall–Kier alpha value is -7.08. The number of hydrogen-bond donors (Lipinski definition) is 6. The van der Waals surface area contributed by atoms with Gasteiger partial charge in [0.15, 0.2) is 11.5 Å². The van der Waals surface area contributed by atoms with Crippen molar-refractivity contribution >= 4 is 44.7 Å². The molecule has 0 amide bonds. The van der Waals surface area contributed by atoms with Crippen molar-refractivity contribution < 1.29 is 49.1 Å². The van der Waals surface area contributed by atoms with Gasteiger partial charge in [0.2, 0.25) is 11.6 Å². The highest BCUT2D eigenvalue weighted by atomic mass is 16.4. The van der Waals surface area contributed by atoms with Gasteiger partial charge in [-0.3, -0.25) is 9.59 Å². The number of allylic oxidation sites excluding steroid dienone is 4. The number of phenolic OH excluding ortho intramolecular Hbond substituents is 2. The number of phenols is 2. The van der Waals surface area contributed by atoms with Gasteiger partial charge in [-0.15, -0.1) is 0 Å². The van der Waals surface area contributed by atoms with E-state index in [1.54, 1.807) is 79.7 Å². The maximum absolute atomic E-state index is 14.4. The van der Waals surface area contributed by atoms with Crippen molar-refractivity contribution in [2.75, 3.05) is 0 Å². The maximum Gasteiger partial charge on any atom is 0.343 e. The zero-order valence-corrected chi connectivity index (χ0v) is 37.3. The van der Waals surface area contributed by atoms with E-state index in [0.29, 0.717) is 33.4 Å². The van der Waals surface area contributed by atoms with E-state index in [2.05, 4.69) is 0 Å². The Balaban J connectivity index is 1.37. The van der Waals surface area contributed by atoms with Gasteiger partial charge in [0.05, 0.1) is 33.7 Å². The van der Waals surface area contributed by atoms with Crippen molar-refractivity contribution in [3.63, 3.8) is 0 Å². The molecule has 0 saturated heterocycles. The zero-order chi connectivity index (χ0) is 46.7. The predicted octanol–water partition coefficient (Wildman–Crippen LogP) is 9.91. The second kappa shape index (κ2) is 15.3. The molecule has 0 bridgehead atoms. The van der Waals surface area contributed by atoms with E-state index in [1.807, 2.05) is 26.0 Å². The monoisotopic (exact) mass is 866 g/mol. The lowest BCUT2D eigenvalue weighted by Crippen LogP contribution is -2.28. The summed E-state index contributed by atoms with van der Waals surface area (Å²) in [5, 5.41) is 72.2. The molecule has 6 N–H and O–H groups in total. The highest BCUT2D eigenvalue weighted by molar-refractivity contribution is 6.11. The summed E-state index contributed by atoms with van der Waals surface area (Å²) < 4.78 is 11.3. The van der Waals surface area contributed by atoms with Crippen LogP contribution in [0.25, 0.3) is 44.2 Å². The van der Waals surface area contributed by atoms with Crippen LogP contribution in [0.3, 0.4) is 0 Å². The Labute approximate surface area is 368 Å². The minimum atomic E-state index is -1.42. The molecule has 330 valence electrons. The lowest BCUT2D eigenvalue weighted by Gasteiger charge is -2.33. The molecule has 12 heteroatoms. The Morgan fingerprint density at radius 3 is 1.16 bits per heavy atom. The van der Waals surface area contributed by atoms with Gasteiger partial charge in [-0.1, -0.05) is 52.0 Å². The van der Waals surface area contributed by atoms with Gasteiger partial charge in [-0.25, -0.2) is 9.59 Å². The van der Waals surface area contributed by atoms with Crippen molar-refractivity contribution in [1.82, 2.24) is 0 Å². The van der Waals surface area contributed by atoms with Crippen LogP contribution >= 0.6 is 0 Å². The molecule has 8 rings (SSSR count). The molecule has 64 heavy (non-hydrogen) atoms. The Morgan fingerprint density at radius 2 is 0.828 bits per heavy atom. The molecule has 0 fully saturated rings. The number of benzene rings is 4. The van der Waals surface area contributed by atoms with Gasteiger partial charge in [0.25, 0.3) is 0 Å². The normalized spacial score (nSPS) is 16.5. The van der Waals surface area contributed by atoms with Crippen LogP contribution in [0.5, 0.6) is 23.0 Å². The fourth-order valence-corrected chi connectivity index (χ4v) is 10.3. The van der Waals surface area contributed by atoms with Gasteiger partial charge >= 0.3 is 11.3 Å². The van der Waals surface area contributed by atoms with E-state index in [0.717, 1.165) is 11.1 Å². The van der Waals surface area contributed by atoms with Gasteiger partial charge in [0.1, 0.15) is 34.2 Å². The predicted molar refractivity (Wildman–Crippen MR) is 244 cm³/mol. The first-order valence-corrected chi connectivity index (χ1v) is 21.3. The van der Waals surface area contributed by atoms with E-state index in [9.17, 15) is 49.8 Å². The molecule has 0 aliphatic heterocycles. The number of carbonyl (C=O) groups is 2. The number of aliphatic hydroxyl groups excluding tert-OH is 2. The van der Waals surface area contributed by atoms with Crippen LogP contribution in [0.2, 0.25) is 0 Å². The molecule has 2 aliphatic rings. The molecule has 0 radical (unpaired) electrons. The fraction of sp³-hybridized carbons (Fsp3) is 0.308. The number of hydrogen-bond acceptors (Lipinski definition) is 12.